The zero-order valence-electron chi connectivity index (χ0n) is 6.59. The minimum atomic E-state index is -4.41. The lowest BCUT2D eigenvalue weighted by atomic mass is 10.2. The first-order valence-corrected chi connectivity index (χ1v) is 4.39. The molecular weight excluding hydrogens is 257 g/mol. The normalized spacial score (nSPS) is 10.5. The molecular formula is C7H6ClF3OS2. The van der Waals surface area contributed by atoms with E-state index in [1.165, 1.54) is 12.1 Å². The molecule has 0 aliphatic carbocycles. The van der Waals surface area contributed by atoms with Crippen molar-refractivity contribution in [3.05, 3.63) is 28.8 Å². The van der Waals surface area contributed by atoms with Gasteiger partial charge in [0.15, 0.2) is 0 Å². The topological polar surface area (TPSA) is 20.2 Å². The maximum Gasteiger partial charge on any atom is 0.417 e. The number of thiol groups is 2. The molecule has 0 spiro atoms. The third-order valence-electron chi connectivity index (χ3n) is 1.26. The van der Waals surface area contributed by atoms with Crippen molar-refractivity contribution < 1.29 is 17.7 Å². The largest absolute Gasteiger partial charge is 0.417 e. The predicted molar refractivity (Wildman–Crippen MR) is 55.3 cm³/mol. The van der Waals surface area contributed by atoms with Crippen LogP contribution < -0.4 is 0 Å². The minimum absolute atomic E-state index is 0.242. The van der Waals surface area contributed by atoms with E-state index in [-0.39, 0.29) is 9.92 Å². The molecule has 0 bridgehead atoms. The number of hydrogen-bond donors (Lipinski definition) is 3. The molecule has 1 aromatic carbocycles. The fourth-order valence-electron chi connectivity index (χ4n) is 0.730. The zero-order chi connectivity index (χ0) is 11.4. The Kier molecular flexibility index (Phi) is 5.73. The summed E-state index contributed by atoms with van der Waals surface area (Å²) in [5.41, 5.74) is -0.850. The highest BCUT2D eigenvalue weighted by molar-refractivity contribution is 7.80. The molecule has 0 amide bonds. The van der Waals surface area contributed by atoms with Crippen LogP contribution in [0.2, 0.25) is 5.02 Å². The van der Waals surface area contributed by atoms with Crippen molar-refractivity contribution in [2.45, 2.75) is 11.1 Å². The molecule has 7 heteroatoms. The molecule has 0 aliphatic heterocycles. The summed E-state index contributed by atoms with van der Waals surface area (Å²) in [7, 11) is 0. The maximum atomic E-state index is 12.1. The lowest BCUT2D eigenvalue weighted by molar-refractivity contribution is -0.137. The molecule has 1 rings (SSSR count). The van der Waals surface area contributed by atoms with E-state index in [1.54, 1.807) is 0 Å². The van der Waals surface area contributed by atoms with Crippen LogP contribution in [0.4, 0.5) is 13.2 Å². The Morgan fingerprint density at radius 3 is 2.07 bits per heavy atom. The van der Waals surface area contributed by atoms with Gasteiger partial charge in [-0.2, -0.15) is 13.2 Å². The van der Waals surface area contributed by atoms with E-state index in [1.807, 2.05) is 0 Å². The third-order valence-corrected chi connectivity index (χ3v) is 1.86. The van der Waals surface area contributed by atoms with E-state index in [0.717, 1.165) is 6.07 Å². The lowest BCUT2D eigenvalue weighted by Gasteiger charge is -2.08. The molecule has 80 valence electrons. The fourth-order valence-corrected chi connectivity index (χ4v) is 1.16. The number of rotatable bonds is 0. The van der Waals surface area contributed by atoms with Gasteiger partial charge in [-0.1, -0.05) is 11.6 Å². The molecule has 1 nitrogen and oxygen atoms in total. The van der Waals surface area contributed by atoms with Gasteiger partial charge in [0, 0.05) is 4.90 Å². The highest BCUT2D eigenvalue weighted by atomic mass is 35.5. The van der Waals surface area contributed by atoms with Gasteiger partial charge in [-0.15, -0.1) is 12.6 Å². The molecule has 14 heavy (non-hydrogen) atoms. The number of halogens is 4. The Morgan fingerprint density at radius 2 is 1.71 bits per heavy atom. The summed E-state index contributed by atoms with van der Waals surface area (Å²) < 4.78 is 43.0. The Morgan fingerprint density at radius 1 is 1.21 bits per heavy atom. The van der Waals surface area contributed by atoms with Crippen LogP contribution in [0.1, 0.15) is 5.56 Å². The van der Waals surface area contributed by atoms with Crippen LogP contribution in [0, 0.1) is 0 Å². The van der Waals surface area contributed by atoms with E-state index in [9.17, 15) is 13.2 Å². The molecule has 1 aromatic rings. The molecule has 0 aliphatic rings. The first-order valence-electron chi connectivity index (χ1n) is 3.17. The standard InChI is InChI=1S/C7H4ClF3S.H2OS/c8-6-2-1-4(12)3-5(6)7(9,10)11;1-2/h1-3,12H;1-2H. The Labute approximate surface area is 94.9 Å². The van der Waals surface area contributed by atoms with Crippen molar-refractivity contribution in [2.75, 3.05) is 0 Å². The van der Waals surface area contributed by atoms with Crippen LogP contribution in [0.15, 0.2) is 23.1 Å². The molecule has 0 aromatic heterocycles. The van der Waals surface area contributed by atoms with Gasteiger partial charge in [0.05, 0.1) is 10.6 Å². The first-order chi connectivity index (χ1) is 6.41. The summed E-state index contributed by atoms with van der Waals surface area (Å²) in [5, 5.41) is -0.305. The van der Waals surface area contributed by atoms with Gasteiger partial charge in [-0.05, 0) is 31.1 Å². The van der Waals surface area contributed by atoms with Crippen molar-refractivity contribution >= 4 is 37.1 Å². The Balaban J connectivity index is 0.000000791. The van der Waals surface area contributed by atoms with Gasteiger partial charge in [-0.3, -0.25) is 0 Å². The van der Waals surface area contributed by atoms with E-state index in [0.29, 0.717) is 0 Å². The van der Waals surface area contributed by atoms with Crippen molar-refractivity contribution in [1.29, 1.82) is 0 Å². The molecule has 0 unspecified atom stereocenters. The Bertz CT molecular complexity index is 303. The number of benzene rings is 1. The predicted octanol–water partition coefficient (Wildman–Crippen LogP) is 4.04. The van der Waals surface area contributed by atoms with Gasteiger partial charge in [0.2, 0.25) is 0 Å². The summed E-state index contributed by atoms with van der Waals surface area (Å²) in [6.07, 6.45) is -4.41. The van der Waals surface area contributed by atoms with Crippen LogP contribution in [0.25, 0.3) is 0 Å². The van der Waals surface area contributed by atoms with E-state index in [4.69, 9.17) is 16.2 Å². The van der Waals surface area contributed by atoms with Gasteiger partial charge >= 0.3 is 6.18 Å². The highest BCUT2D eigenvalue weighted by Gasteiger charge is 2.32. The van der Waals surface area contributed by atoms with Crippen molar-refractivity contribution in [2.24, 2.45) is 0 Å². The molecule has 0 saturated carbocycles. The summed E-state index contributed by atoms with van der Waals surface area (Å²) in [6, 6.07) is 3.47. The molecule has 1 N–H and O–H groups in total. The summed E-state index contributed by atoms with van der Waals surface area (Å²) in [4.78, 5) is 0.242. The van der Waals surface area contributed by atoms with Crippen LogP contribution in [-0.2, 0) is 6.18 Å². The van der Waals surface area contributed by atoms with Crippen LogP contribution in [0.5, 0.6) is 0 Å². The first kappa shape index (κ1) is 14.0. The molecule has 0 atom stereocenters. The van der Waals surface area contributed by atoms with Gasteiger partial charge in [-0.25, -0.2) is 0 Å². The van der Waals surface area contributed by atoms with E-state index >= 15 is 0 Å². The lowest BCUT2D eigenvalue weighted by Crippen LogP contribution is -2.05. The monoisotopic (exact) mass is 262 g/mol. The van der Waals surface area contributed by atoms with Crippen molar-refractivity contribution in [3.8, 4) is 0 Å². The van der Waals surface area contributed by atoms with Crippen molar-refractivity contribution in [3.63, 3.8) is 0 Å². The zero-order valence-corrected chi connectivity index (χ0v) is 9.13. The maximum absolute atomic E-state index is 12.1. The van der Waals surface area contributed by atoms with Crippen LogP contribution >= 0.6 is 37.1 Å². The van der Waals surface area contributed by atoms with Crippen LogP contribution in [-0.4, -0.2) is 4.55 Å². The van der Waals surface area contributed by atoms with Gasteiger partial charge < -0.3 is 4.55 Å². The van der Waals surface area contributed by atoms with Crippen molar-refractivity contribution in [1.82, 2.24) is 0 Å². The third kappa shape index (κ3) is 4.00. The second kappa shape index (κ2) is 5.75. The average molecular weight is 263 g/mol. The number of hydrogen-bond acceptors (Lipinski definition) is 3. The SMILES string of the molecule is FC(F)(F)c1cc(S)ccc1Cl.OS. The van der Waals surface area contributed by atoms with E-state index < -0.39 is 11.7 Å². The number of alkyl halides is 3. The Hall–Kier alpha value is -0.0400. The smallest absolute Gasteiger partial charge is 0.333 e. The molecule has 0 heterocycles. The van der Waals surface area contributed by atoms with Gasteiger partial charge in [0.1, 0.15) is 0 Å². The molecule has 0 saturated heterocycles. The second-order valence-electron chi connectivity index (χ2n) is 2.16. The van der Waals surface area contributed by atoms with E-state index in [2.05, 4.69) is 25.5 Å². The molecule has 0 radical (unpaired) electrons. The average Bonchev–Trinajstić information content (AvgIpc) is 2.11. The molecule has 0 fully saturated rings. The second-order valence-corrected chi connectivity index (χ2v) is 3.09. The quantitative estimate of drug-likeness (QED) is 0.476. The highest BCUT2D eigenvalue weighted by Crippen LogP contribution is 2.35. The van der Waals surface area contributed by atoms with Gasteiger partial charge in [0.25, 0.3) is 0 Å². The summed E-state index contributed by atoms with van der Waals surface area (Å²) in [6.45, 7) is 0. The van der Waals surface area contributed by atoms with Crippen LogP contribution in [0.3, 0.4) is 0 Å². The summed E-state index contributed by atoms with van der Waals surface area (Å²) in [5.74, 6) is 0. The summed E-state index contributed by atoms with van der Waals surface area (Å²) >= 11 is 11.6. The fraction of sp³-hybridized carbons (Fsp3) is 0.143. The minimum Gasteiger partial charge on any atom is -0.333 e.